The van der Waals surface area contributed by atoms with Crippen LogP contribution in [0.1, 0.15) is 48.2 Å². The van der Waals surface area contributed by atoms with Gasteiger partial charge in [0.05, 0.1) is 25.5 Å². The minimum absolute atomic E-state index is 0.218. The number of methoxy groups -OCH3 is 1. The minimum atomic E-state index is -0.917. The van der Waals surface area contributed by atoms with Gasteiger partial charge in [-0.15, -0.1) is 0 Å². The third-order valence-corrected chi connectivity index (χ3v) is 5.45. The van der Waals surface area contributed by atoms with Crippen molar-refractivity contribution in [2.24, 2.45) is 5.10 Å². The van der Waals surface area contributed by atoms with Crippen molar-refractivity contribution in [1.29, 1.82) is 0 Å². The zero-order valence-corrected chi connectivity index (χ0v) is 21.7. The molecule has 0 fully saturated rings. The number of nitrogens with zero attached hydrogens (tertiary/aromatic N) is 1. The summed E-state index contributed by atoms with van der Waals surface area (Å²) in [5, 5.41) is 6.33. The Morgan fingerprint density at radius 2 is 1.63 bits per heavy atom. The number of hydrogen-bond donors (Lipinski definition) is 2. The van der Waals surface area contributed by atoms with E-state index in [1.165, 1.54) is 13.3 Å². The van der Waals surface area contributed by atoms with Crippen LogP contribution in [0.5, 0.6) is 17.2 Å². The fourth-order valence-electron chi connectivity index (χ4n) is 3.26. The average Bonchev–Trinajstić information content (AvgIpc) is 2.94. The molecule has 0 aliphatic rings. The van der Waals surface area contributed by atoms with E-state index in [2.05, 4.69) is 22.8 Å². The van der Waals surface area contributed by atoms with Crippen molar-refractivity contribution in [1.82, 2.24) is 5.43 Å². The zero-order chi connectivity index (χ0) is 27.3. The molecule has 38 heavy (non-hydrogen) atoms. The van der Waals surface area contributed by atoms with Crippen molar-refractivity contribution in [2.75, 3.05) is 19.0 Å². The molecule has 2 N–H and O–H groups in total. The SMILES string of the molecule is CCCCOc1ccc(C(=O)Oc2ccc(C=NNC(=O)C(=O)Nc3ccc(CC)cc3)cc2OC)cc1. The lowest BCUT2D eigenvalue weighted by Gasteiger charge is -2.10. The quantitative estimate of drug-likeness (QED) is 0.0948. The van der Waals surface area contributed by atoms with E-state index in [0.717, 1.165) is 24.8 Å². The number of carbonyl (C=O) groups excluding carboxylic acids is 3. The van der Waals surface area contributed by atoms with Crippen molar-refractivity contribution < 1.29 is 28.6 Å². The van der Waals surface area contributed by atoms with Gasteiger partial charge in [0.2, 0.25) is 0 Å². The van der Waals surface area contributed by atoms with Crippen LogP contribution in [0.4, 0.5) is 5.69 Å². The second-order valence-electron chi connectivity index (χ2n) is 8.23. The van der Waals surface area contributed by atoms with Crippen LogP contribution in [0.3, 0.4) is 0 Å². The molecule has 0 aromatic heterocycles. The summed E-state index contributed by atoms with van der Waals surface area (Å²) >= 11 is 0. The van der Waals surface area contributed by atoms with E-state index >= 15 is 0 Å². The van der Waals surface area contributed by atoms with Gasteiger partial charge in [0, 0.05) is 5.69 Å². The second-order valence-corrected chi connectivity index (χ2v) is 8.23. The first-order chi connectivity index (χ1) is 18.4. The van der Waals surface area contributed by atoms with Crippen LogP contribution in [-0.2, 0) is 16.0 Å². The lowest BCUT2D eigenvalue weighted by atomic mass is 10.1. The number of esters is 1. The Bertz CT molecular complexity index is 1270. The first-order valence-corrected chi connectivity index (χ1v) is 12.3. The lowest BCUT2D eigenvalue weighted by Crippen LogP contribution is -2.32. The van der Waals surface area contributed by atoms with Crippen molar-refractivity contribution in [2.45, 2.75) is 33.1 Å². The average molecular weight is 518 g/mol. The topological polar surface area (TPSA) is 115 Å². The smallest absolute Gasteiger partial charge is 0.343 e. The summed E-state index contributed by atoms with van der Waals surface area (Å²) in [5.74, 6) is -1.11. The fourth-order valence-corrected chi connectivity index (χ4v) is 3.26. The summed E-state index contributed by atoms with van der Waals surface area (Å²) in [6.45, 7) is 4.74. The molecule has 3 aromatic rings. The van der Waals surface area contributed by atoms with E-state index in [9.17, 15) is 14.4 Å². The van der Waals surface area contributed by atoms with E-state index < -0.39 is 17.8 Å². The largest absolute Gasteiger partial charge is 0.494 e. The Labute approximate surface area is 221 Å². The fraction of sp³-hybridized carbons (Fsp3) is 0.241. The molecule has 0 aliphatic carbocycles. The second kappa shape index (κ2) is 14.2. The number of nitrogens with one attached hydrogen (secondary N) is 2. The molecule has 0 aliphatic heterocycles. The molecule has 3 rings (SSSR count). The normalized spacial score (nSPS) is 10.6. The van der Waals surface area contributed by atoms with E-state index in [1.807, 2.05) is 19.1 Å². The Hall–Kier alpha value is -4.66. The maximum atomic E-state index is 12.6. The van der Waals surface area contributed by atoms with Crippen LogP contribution in [0, 0.1) is 0 Å². The van der Waals surface area contributed by atoms with Gasteiger partial charge >= 0.3 is 17.8 Å². The third-order valence-electron chi connectivity index (χ3n) is 5.45. The molecule has 0 saturated carbocycles. The molecule has 3 aromatic carbocycles. The number of anilines is 1. The standard InChI is InChI=1S/C29H31N3O6/c1-4-6-17-37-24-14-10-22(11-15-24)29(35)38-25-16-9-21(18-26(25)36-3)19-30-32-28(34)27(33)31-23-12-7-20(5-2)8-13-23/h7-16,18-19H,4-6,17H2,1-3H3,(H,31,33)(H,32,34). The first-order valence-electron chi connectivity index (χ1n) is 12.3. The van der Waals surface area contributed by atoms with E-state index in [1.54, 1.807) is 54.6 Å². The minimum Gasteiger partial charge on any atom is -0.494 e. The Morgan fingerprint density at radius 3 is 2.29 bits per heavy atom. The highest BCUT2D eigenvalue weighted by atomic mass is 16.6. The Kier molecular flexibility index (Phi) is 10.4. The molecule has 198 valence electrons. The number of rotatable bonds is 11. The number of benzene rings is 3. The predicted octanol–water partition coefficient (Wildman–Crippen LogP) is 4.74. The molecule has 9 nitrogen and oxygen atoms in total. The highest BCUT2D eigenvalue weighted by molar-refractivity contribution is 6.39. The van der Waals surface area contributed by atoms with Gasteiger partial charge in [-0.2, -0.15) is 5.10 Å². The van der Waals surface area contributed by atoms with E-state index in [-0.39, 0.29) is 5.75 Å². The number of unbranched alkanes of at least 4 members (excludes halogenated alkanes) is 1. The van der Waals surface area contributed by atoms with Gasteiger partial charge in [-0.3, -0.25) is 9.59 Å². The van der Waals surface area contributed by atoms with Crippen LogP contribution in [-0.4, -0.2) is 37.7 Å². The molecule has 9 heteroatoms. The molecule has 0 unspecified atom stereocenters. The molecule has 0 spiro atoms. The molecular formula is C29H31N3O6. The molecule has 0 radical (unpaired) electrons. The van der Waals surface area contributed by atoms with Crippen LogP contribution in [0.15, 0.2) is 71.8 Å². The van der Waals surface area contributed by atoms with Crippen molar-refractivity contribution in [3.63, 3.8) is 0 Å². The van der Waals surface area contributed by atoms with Gasteiger partial charge in [-0.1, -0.05) is 32.4 Å². The molecule has 0 bridgehead atoms. The summed E-state index contributed by atoms with van der Waals surface area (Å²) < 4.78 is 16.4. The van der Waals surface area contributed by atoms with Crippen LogP contribution in [0.2, 0.25) is 0 Å². The van der Waals surface area contributed by atoms with Gasteiger partial charge < -0.3 is 19.5 Å². The van der Waals surface area contributed by atoms with E-state index in [0.29, 0.717) is 34.9 Å². The van der Waals surface area contributed by atoms with Crippen LogP contribution >= 0.6 is 0 Å². The number of ether oxygens (including phenoxy) is 3. The van der Waals surface area contributed by atoms with Crippen LogP contribution in [0.25, 0.3) is 0 Å². The summed E-state index contributed by atoms with van der Waals surface area (Å²) in [6.07, 6.45) is 4.21. The maximum absolute atomic E-state index is 12.6. The van der Waals surface area contributed by atoms with Gasteiger partial charge in [-0.05, 0) is 78.6 Å². The highest BCUT2D eigenvalue weighted by Gasteiger charge is 2.14. The Morgan fingerprint density at radius 1 is 0.895 bits per heavy atom. The molecule has 2 amide bonds. The van der Waals surface area contributed by atoms with Gasteiger partial charge in [0.1, 0.15) is 5.75 Å². The number of hydrogen-bond acceptors (Lipinski definition) is 7. The van der Waals surface area contributed by atoms with Crippen molar-refractivity contribution in [3.8, 4) is 17.2 Å². The number of carbonyl (C=O) groups is 3. The zero-order valence-electron chi connectivity index (χ0n) is 21.7. The third kappa shape index (κ3) is 8.19. The summed E-state index contributed by atoms with van der Waals surface area (Å²) in [4.78, 5) is 36.7. The van der Waals surface area contributed by atoms with E-state index in [4.69, 9.17) is 14.2 Å². The first kappa shape index (κ1) is 27.9. The molecule has 0 saturated heterocycles. The number of amides is 2. The lowest BCUT2D eigenvalue weighted by molar-refractivity contribution is -0.136. The summed E-state index contributed by atoms with van der Waals surface area (Å²) in [7, 11) is 1.44. The van der Waals surface area contributed by atoms with Crippen molar-refractivity contribution in [3.05, 3.63) is 83.4 Å². The number of hydrazone groups is 1. The monoisotopic (exact) mass is 517 g/mol. The predicted molar refractivity (Wildman–Crippen MR) is 145 cm³/mol. The van der Waals surface area contributed by atoms with Crippen molar-refractivity contribution >= 4 is 29.7 Å². The van der Waals surface area contributed by atoms with Crippen LogP contribution < -0.4 is 25.0 Å². The summed E-state index contributed by atoms with van der Waals surface area (Å²) in [6, 6.07) is 18.7. The highest BCUT2D eigenvalue weighted by Crippen LogP contribution is 2.28. The summed E-state index contributed by atoms with van der Waals surface area (Å²) in [5.41, 5.74) is 4.73. The van der Waals surface area contributed by atoms with Gasteiger partial charge in [0.25, 0.3) is 0 Å². The van der Waals surface area contributed by atoms with Gasteiger partial charge in [-0.25, -0.2) is 10.2 Å². The Balaban J connectivity index is 1.55. The molecule has 0 heterocycles. The molecule has 0 atom stereocenters. The maximum Gasteiger partial charge on any atom is 0.343 e. The number of aryl methyl sites for hydroxylation is 1. The van der Waals surface area contributed by atoms with Gasteiger partial charge in [0.15, 0.2) is 11.5 Å². The molecular weight excluding hydrogens is 486 g/mol.